The molecule has 108 valence electrons. The van der Waals surface area contributed by atoms with Crippen molar-refractivity contribution in [3.05, 3.63) is 23.8 Å². The zero-order chi connectivity index (χ0) is 14.2. The van der Waals surface area contributed by atoms with E-state index in [4.69, 9.17) is 19.9 Å². The smallest absolute Gasteiger partial charge is 0.135 e. The maximum Gasteiger partial charge on any atom is 0.135 e. The van der Waals surface area contributed by atoms with E-state index in [-0.39, 0.29) is 0 Å². The van der Waals surface area contributed by atoms with Crippen molar-refractivity contribution in [1.82, 2.24) is 0 Å². The molecule has 0 amide bonds. The van der Waals surface area contributed by atoms with Gasteiger partial charge in [-0.25, -0.2) is 0 Å². The van der Waals surface area contributed by atoms with Crippen LogP contribution in [0.2, 0.25) is 0 Å². The zero-order valence-electron chi connectivity index (χ0n) is 11.9. The van der Waals surface area contributed by atoms with Gasteiger partial charge in [0.05, 0.1) is 31.9 Å². The first kappa shape index (κ1) is 14.7. The van der Waals surface area contributed by atoms with Crippen LogP contribution in [0.3, 0.4) is 0 Å². The summed E-state index contributed by atoms with van der Waals surface area (Å²) in [6, 6.07) is 5.62. The van der Waals surface area contributed by atoms with Crippen molar-refractivity contribution >= 4 is 0 Å². The molecule has 1 aromatic rings. The molecule has 1 heterocycles. The topological polar surface area (TPSA) is 53.7 Å². The van der Waals surface area contributed by atoms with E-state index in [0.717, 1.165) is 42.9 Å². The second-order valence-corrected chi connectivity index (χ2v) is 4.64. The van der Waals surface area contributed by atoms with Gasteiger partial charge in [0.2, 0.25) is 0 Å². The maximum absolute atomic E-state index is 5.82. The van der Waals surface area contributed by atoms with Crippen molar-refractivity contribution in [3.8, 4) is 23.3 Å². The standard InChI is InChI=1S/C16H21NO3/c1-18-15-6-7-16(13(12-15)4-2-9-17)20-11-8-14-5-3-10-19-14/h6-7,12,14H,3,5,8-11,17H2,1H3. The molecular weight excluding hydrogens is 254 g/mol. The Labute approximate surface area is 120 Å². The number of ether oxygens (including phenoxy) is 3. The van der Waals surface area contributed by atoms with Crippen LogP contribution in [0.5, 0.6) is 11.5 Å². The maximum atomic E-state index is 5.82. The van der Waals surface area contributed by atoms with Gasteiger partial charge in [-0.3, -0.25) is 0 Å². The van der Waals surface area contributed by atoms with Crippen molar-refractivity contribution in [3.63, 3.8) is 0 Å². The molecule has 0 bridgehead atoms. The minimum absolute atomic E-state index is 0.326. The summed E-state index contributed by atoms with van der Waals surface area (Å²) in [6.07, 6.45) is 3.54. The predicted octanol–water partition coefficient (Wildman–Crippen LogP) is 1.95. The average molecular weight is 275 g/mol. The monoisotopic (exact) mass is 275 g/mol. The first-order chi connectivity index (χ1) is 9.83. The van der Waals surface area contributed by atoms with E-state index < -0.39 is 0 Å². The van der Waals surface area contributed by atoms with E-state index in [1.54, 1.807) is 7.11 Å². The van der Waals surface area contributed by atoms with Crippen molar-refractivity contribution in [2.24, 2.45) is 5.73 Å². The van der Waals surface area contributed by atoms with Crippen LogP contribution in [0, 0.1) is 11.8 Å². The van der Waals surface area contributed by atoms with Gasteiger partial charge >= 0.3 is 0 Å². The molecule has 20 heavy (non-hydrogen) atoms. The molecule has 0 aliphatic carbocycles. The summed E-state index contributed by atoms with van der Waals surface area (Å²) in [5.74, 6) is 7.39. The molecule has 4 nitrogen and oxygen atoms in total. The SMILES string of the molecule is COc1ccc(OCCC2CCCO2)c(C#CCN)c1. The second-order valence-electron chi connectivity index (χ2n) is 4.64. The Hall–Kier alpha value is -1.70. The third-order valence-corrected chi connectivity index (χ3v) is 3.23. The number of methoxy groups -OCH3 is 1. The van der Waals surface area contributed by atoms with Crippen molar-refractivity contribution < 1.29 is 14.2 Å². The van der Waals surface area contributed by atoms with E-state index >= 15 is 0 Å². The molecule has 1 aromatic carbocycles. The van der Waals surface area contributed by atoms with Gasteiger partial charge in [0.25, 0.3) is 0 Å². The summed E-state index contributed by atoms with van der Waals surface area (Å²) in [6.45, 7) is 1.83. The van der Waals surface area contributed by atoms with Gasteiger partial charge in [-0.15, -0.1) is 0 Å². The van der Waals surface area contributed by atoms with Crippen LogP contribution in [0.15, 0.2) is 18.2 Å². The Morgan fingerprint density at radius 1 is 1.45 bits per heavy atom. The normalized spacial score (nSPS) is 17.4. The molecule has 0 saturated carbocycles. The fourth-order valence-electron chi connectivity index (χ4n) is 2.18. The van der Waals surface area contributed by atoms with Gasteiger partial charge in [0.15, 0.2) is 0 Å². The zero-order valence-corrected chi connectivity index (χ0v) is 11.9. The van der Waals surface area contributed by atoms with Crippen LogP contribution in [-0.2, 0) is 4.74 Å². The van der Waals surface area contributed by atoms with Gasteiger partial charge in [-0.1, -0.05) is 11.8 Å². The van der Waals surface area contributed by atoms with E-state index in [2.05, 4.69) is 11.8 Å². The van der Waals surface area contributed by atoms with E-state index in [1.165, 1.54) is 0 Å². The van der Waals surface area contributed by atoms with E-state index in [1.807, 2.05) is 18.2 Å². The Kier molecular flexibility index (Phi) is 5.72. The summed E-state index contributed by atoms with van der Waals surface area (Å²) >= 11 is 0. The molecule has 1 atom stereocenters. The highest BCUT2D eigenvalue weighted by Crippen LogP contribution is 2.24. The number of nitrogens with two attached hydrogens (primary N) is 1. The molecule has 0 aromatic heterocycles. The lowest BCUT2D eigenvalue weighted by atomic mass is 10.2. The third-order valence-electron chi connectivity index (χ3n) is 3.23. The molecule has 4 heteroatoms. The number of rotatable bonds is 5. The minimum atomic E-state index is 0.326. The summed E-state index contributed by atoms with van der Waals surface area (Å²) < 4.78 is 16.6. The first-order valence-electron chi connectivity index (χ1n) is 6.95. The van der Waals surface area contributed by atoms with Gasteiger partial charge < -0.3 is 19.9 Å². The summed E-state index contributed by atoms with van der Waals surface area (Å²) in [7, 11) is 1.63. The van der Waals surface area contributed by atoms with E-state index in [9.17, 15) is 0 Å². The molecule has 1 saturated heterocycles. The lowest BCUT2D eigenvalue weighted by Crippen LogP contribution is -2.11. The van der Waals surface area contributed by atoms with E-state index in [0.29, 0.717) is 19.3 Å². The fraction of sp³-hybridized carbons (Fsp3) is 0.500. The van der Waals surface area contributed by atoms with Crippen molar-refractivity contribution in [1.29, 1.82) is 0 Å². The number of hydrogen-bond acceptors (Lipinski definition) is 4. The van der Waals surface area contributed by atoms with Crippen LogP contribution >= 0.6 is 0 Å². The Bertz CT molecular complexity index is 484. The predicted molar refractivity (Wildman–Crippen MR) is 78.0 cm³/mol. The Morgan fingerprint density at radius 3 is 3.05 bits per heavy atom. The van der Waals surface area contributed by atoms with Gasteiger partial charge in [-0.2, -0.15) is 0 Å². The second kappa shape index (κ2) is 7.78. The van der Waals surface area contributed by atoms with Gasteiger partial charge in [-0.05, 0) is 31.0 Å². The lowest BCUT2D eigenvalue weighted by molar-refractivity contribution is 0.0903. The summed E-state index contributed by atoms with van der Waals surface area (Å²) in [4.78, 5) is 0. The van der Waals surface area contributed by atoms with Crippen LogP contribution < -0.4 is 15.2 Å². The highest BCUT2D eigenvalue weighted by atomic mass is 16.5. The quantitative estimate of drug-likeness (QED) is 0.835. The van der Waals surface area contributed by atoms with Crippen LogP contribution in [0.25, 0.3) is 0 Å². The first-order valence-corrected chi connectivity index (χ1v) is 6.95. The molecule has 1 aliphatic heterocycles. The molecule has 1 aliphatic rings. The molecule has 0 radical (unpaired) electrons. The fourth-order valence-corrected chi connectivity index (χ4v) is 2.18. The number of benzene rings is 1. The number of hydrogen-bond donors (Lipinski definition) is 1. The molecule has 1 unspecified atom stereocenters. The molecule has 2 N–H and O–H groups in total. The Balaban J connectivity index is 1.97. The molecule has 1 fully saturated rings. The third kappa shape index (κ3) is 4.16. The van der Waals surface area contributed by atoms with Crippen LogP contribution in [0.1, 0.15) is 24.8 Å². The largest absolute Gasteiger partial charge is 0.497 e. The highest BCUT2D eigenvalue weighted by molar-refractivity contribution is 5.50. The van der Waals surface area contributed by atoms with Gasteiger partial charge in [0.1, 0.15) is 11.5 Å². The lowest BCUT2D eigenvalue weighted by Gasteiger charge is -2.12. The van der Waals surface area contributed by atoms with Crippen molar-refractivity contribution in [2.45, 2.75) is 25.4 Å². The summed E-state index contributed by atoms with van der Waals surface area (Å²) in [5.41, 5.74) is 6.23. The van der Waals surface area contributed by atoms with Crippen LogP contribution in [-0.4, -0.2) is 33.0 Å². The molecular formula is C16H21NO3. The van der Waals surface area contributed by atoms with Crippen LogP contribution in [0.4, 0.5) is 0 Å². The molecule has 0 spiro atoms. The Morgan fingerprint density at radius 2 is 2.35 bits per heavy atom. The summed E-state index contributed by atoms with van der Waals surface area (Å²) in [5, 5.41) is 0. The minimum Gasteiger partial charge on any atom is -0.497 e. The average Bonchev–Trinajstić information content (AvgIpc) is 2.99. The highest BCUT2D eigenvalue weighted by Gasteiger charge is 2.15. The van der Waals surface area contributed by atoms with Gasteiger partial charge in [0, 0.05) is 13.0 Å². The van der Waals surface area contributed by atoms with Crippen molar-refractivity contribution in [2.75, 3.05) is 26.9 Å². The molecule has 2 rings (SSSR count).